The van der Waals surface area contributed by atoms with Gasteiger partial charge in [-0.1, -0.05) is 36.9 Å². The Kier molecular flexibility index (Phi) is 3.17. The first-order chi connectivity index (χ1) is 6.92. The van der Waals surface area contributed by atoms with Crippen LogP contribution in [0.3, 0.4) is 0 Å². The topological polar surface area (TPSA) is 9.23 Å². The summed E-state index contributed by atoms with van der Waals surface area (Å²) < 4.78 is 5.51. The third kappa shape index (κ3) is 1.96. The van der Waals surface area contributed by atoms with Crippen molar-refractivity contribution >= 4 is 15.8 Å². The van der Waals surface area contributed by atoms with Gasteiger partial charge in [0, 0.05) is 6.61 Å². The molecule has 1 atom stereocenters. The first kappa shape index (κ1) is 9.68. The van der Waals surface area contributed by atoms with Crippen LogP contribution >= 0.6 is 0 Å². The van der Waals surface area contributed by atoms with E-state index in [4.69, 9.17) is 4.43 Å². The molecule has 1 aliphatic heterocycles. The molecule has 0 aliphatic carbocycles. The van der Waals surface area contributed by atoms with E-state index < -0.39 is 0 Å². The fourth-order valence-corrected chi connectivity index (χ4v) is 3.50. The third-order valence-corrected chi connectivity index (χ3v) is 4.39. The Balaban J connectivity index is 2.24. The summed E-state index contributed by atoms with van der Waals surface area (Å²) in [6, 6.07) is 9.88. The highest BCUT2D eigenvalue weighted by Crippen LogP contribution is 2.29. The molecule has 0 saturated carbocycles. The van der Waals surface area contributed by atoms with Crippen molar-refractivity contribution in [2.45, 2.75) is 18.4 Å². The molecular weight excluding hydrogens is 188 g/mol. The van der Waals surface area contributed by atoms with E-state index in [-0.39, 0.29) is 9.76 Å². The number of benzene rings is 1. The van der Waals surface area contributed by atoms with Gasteiger partial charge in [0.15, 0.2) is 9.76 Å². The van der Waals surface area contributed by atoms with Gasteiger partial charge in [-0.3, -0.25) is 0 Å². The van der Waals surface area contributed by atoms with Crippen molar-refractivity contribution in [1.82, 2.24) is 0 Å². The minimum atomic E-state index is -0.241. The zero-order chi connectivity index (χ0) is 9.80. The Morgan fingerprint density at radius 3 is 3.00 bits per heavy atom. The monoisotopic (exact) mass is 204 g/mol. The van der Waals surface area contributed by atoms with E-state index in [2.05, 4.69) is 30.8 Å². The second-order valence-electron chi connectivity index (χ2n) is 3.72. The predicted octanol–water partition coefficient (Wildman–Crippen LogP) is 2.34. The van der Waals surface area contributed by atoms with Crippen molar-refractivity contribution in [2.24, 2.45) is 0 Å². The van der Waals surface area contributed by atoms with E-state index in [1.54, 1.807) is 0 Å². The zero-order valence-corrected chi connectivity index (χ0v) is 9.82. The van der Waals surface area contributed by atoms with Crippen LogP contribution in [-0.4, -0.2) is 16.4 Å². The maximum Gasteiger partial charge on any atom is 0.162 e. The van der Waals surface area contributed by atoms with Crippen LogP contribution < -0.4 is 0 Å². The zero-order valence-electron chi connectivity index (χ0n) is 8.41. The molecule has 74 valence electrons. The first-order valence-electron chi connectivity index (χ1n) is 5.21. The average molecular weight is 204 g/mol. The summed E-state index contributed by atoms with van der Waals surface area (Å²) >= 11 is 0. The molecule has 2 rings (SSSR count). The van der Waals surface area contributed by atoms with E-state index in [9.17, 15) is 0 Å². The van der Waals surface area contributed by atoms with Crippen LogP contribution in [0, 0.1) is 0 Å². The van der Waals surface area contributed by atoms with Gasteiger partial charge in [-0.2, -0.15) is 0 Å². The maximum absolute atomic E-state index is 5.51. The lowest BCUT2D eigenvalue weighted by molar-refractivity contribution is 0.289. The largest absolute Gasteiger partial charge is 0.424 e. The summed E-state index contributed by atoms with van der Waals surface area (Å²) in [6.45, 7) is 4.83. The van der Waals surface area contributed by atoms with Crippen molar-refractivity contribution in [3.05, 3.63) is 42.0 Å². The van der Waals surface area contributed by atoms with E-state index in [1.807, 2.05) is 6.08 Å². The molecule has 14 heavy (non-hydrogen) atoms. The summed E-state index contributed by atoms with van der Waals surface area (Å²) in [5, 5.41) is 0. The maximum atomic E-state index is 5.51. The van der Waals surface area contributed by atoms with Crippen LogP contribution in [0.2, 0.25) is 6.04 Å². The lowest BCUT2D eigenvalue weighted by Crippen LogP contribution is -2.16. The number of rotatable bonds is 2. The molecule has 0 bridgehead atoms. The van der Waals surface area contributed by atoms with E-state index in [0.717, 1.165) is 12.5 Å². The minimum absolute atomic E-state index is 0.241. The third-order valence-electron chi connectivity index (χ3n) is 2.88. The summed E-state index contributed by atoms with van der Waals surface area (Å²) in [4.78, 5) is 0. The lowest BCUT2D eigenvalue weighted by Gasteiger charge is -2.23. The van der Waals surface area contributed by atoms with Crippen molar-refractivity contribution in [2.75, 3.05) is 6.61 Å². The summed E-state index contributed by atoms with van der Waals surface area (Å²) in [5.41, 5.74) is 2.77. The summed E-state index contributed by atoms with van der Waals surface area (Å²) in [6.07, 6.45) is 3.14. The molecule has 1 fully saturated rings. The van der Waals surface area contributed by atoms with Crippen LogP contribution in [-0.2, 0) is 4.43 Å². The summed E-state index contributed by atoms with van der Waals surface area (Å²) in [7, 11) is -0.241. The van der Waals surface area contributed by atoms with Crippen molar-refractivity contribution in [3.8, 4) is 0 Å². The molecule has 0 radical (unpaired) electrons. The molecule has 1 aromatic rings. The molecule has 1 saturated heterocycles. The highest BCUT2D eigenvalue weighted by atomic mass is 28.2. The van der Waals surface area contributed by atoms with Crippen LogP contribution in [0.5, 0.6) is 0 Å². The van der Waals surface area contributed by atoms with Gasteiger partial charge in [0.1, 0.15) is 0 Å². The van der Waals surface area contributed by atoms with Gasteiger partial charge in [0.25, 0.3) is 0 Å². The van der Waals surface area contributed by atoms with Crippen LogP contribution in [0.4, 0.5) is 0 Å². The Morgan fingerprint density at radius 1 is 1.43 bits per heavy atom. The van der Waals surface area contributed by atoms with E-state index in [0.29, 0.717) is 0 Å². The van der Waals surface area contributed by atoms with Crippen molar-refractivity contribution in [3.63, 3.8) is 0 Å². The predicted molar refractivity (Wildman–Crippen MR) is 63.2 cm³/mol. The SMILES string of the molecule is C=Cc1ccccc1C1CCO[SiH2]C1. The molecular formula is C12H16OSi. The van der Waals surface area contributed by atoms with E-state index in [1.165, 1.54) is 23.6 Å². The first-order valence-corrected chi connectivity index (χ1v) is 6.78. The number of hydrogen-bond acceptors (Lipinski definition) is 1. The Bertz CT molecular complexity index is 316. The molecule has 0 aromatic heterocycles. The Labute approximate surface area is 87.7 Å². The fraction of sp³-hybridized carbons (Fsp3) is 0.333. The van der Waals surface area contributed by atoms with Gasteiger partial charge in [-0.15, -0.1) is 0 Å². The molecule has 1 unspecified atom stereocenters. The highest BCUT2D eigenvalue weighted by Gasteiger charge is 2.17. The molecule has 0 amide bonds. The second-order valence-corrected chi connectivity index (χ2v) is 5.11. The minimum Gasteiger partial charge on any atom is -0.424 e. The highest BCUT2D eigenvalue weighted by molar-refractivity contribution is 6.27. The van der Waals surface area contributed by atoms with Crippen LogP contribution in [0.1, 0.15) is 23.5 Å². The van der Waals surface area contributed by atoms with Gasteiger partial charge < -0.3 is 4.43 Å². The molecule has 2 heteroatoms. The smallest absolute Gasteiger partial charge is 0.162 e. The van der Waals surface area contributed by atoms with Crippen molar-refractivity contribution in [1.29, 1.82) is 0 Å². The lowest BCUT2D eigenvalue weighted by atomic mass is 9.93. The van der Waals surface area contributed by atoms with Gasteiger partial charge in [-0.05, 0) is 29.5 Å². The van der Waals surface area contributed by atoms with Crippen LogP contribution in [0.25, 0.3) is 6.08 Å². The van der Waals surface area contributed by atoms with Gasteiger partial charge in [0.2, 0.25) is 0 Å². The van der Waals surface area contributed by atoms with Gasteiger partial charge in [0.05, 0.1) is 0 Å². The normalized spacial score (nSPS) is 23.6. The summed E-state index contributed by atoms with van der Waals surface area (Å²) in [5.74, 6) is 0.726. The second kappa shape index (κ2) is 4.58. The Hall–Kier alpha value is -0.863. The Morgan fingerprint density at radius 2 is 2.29 bits per heavy atom. The molecule has 1 heterocycles. The van der Waals surface area contributed by atoms with Crippen molar-refractivity contribution < 1.29 is 4.43 Å². The molecule has 0 spiro atoms. The van der Waals surface area contributed by atoms with Gasteiger partial charge in [-0.25, -0.2) is 0 Å². The average Bonchev–Trinajstić information content (AvgIpc) is 2.30. The quantitative estimate of drug-likeness (QED) is 0.672. The van der Waals surface area contributed by atoms with Gasteiger partial charge >= 0.3 is 0 Å². The number of hydrogen-bond donors (Lipinski definition) is 0. The van der Waals surface area contributed by atoms with E-state index >= 15 is 0 Å². The molecule has 0 N–H and O–H groups in total. The molecule has 1 aliphatic rings. The molecule has 1 aromatic carbocycles. The fourth-order valence-electron chi connectivity index (χ4n) is 2.08. The van der Waals surface area contributed by atoms with Crippen LogP contribution in [0.15, 0.2) is 30.8 Å². The molecule has 1 nitrogen and oxygen atoms in total. The standard InChI is InChI=1S/C12H16OSi/c1-2-10-5-3-4-6-12(10)11-7-8-13-14-9-11/h2-6,11H,1,7-9,14H2.